The van der Waals surface area contributed by atoms with Gasteiger partial charge in [0.2, 0.25) is 0 Å². The van der Waals surface area contributed by atoms with Crippen molar-refractivity contribution in [2.45, 2.75) is 46.1 Å². The largest absolute Gasteiger partial charge is 0.494 e. The summed E-state index contributed by atoms with van der Waals surface area (Å²) in [6, 6.07) is 28.9. The molecular formula is C34H38N2O2S. The SMILES string of the molecule is CCOc1ccc([C@@H](c2c(NC(=O)c3ccccc3)sc(C)c2C)N2CCC(Cc3ccccc3)CC2)cc1. The number of hydrogen-bond donors (Lipinski definition) is 1. The van der Waals surface area contributed by atoms with Gasteiger partial charge in [-0.15, -0.1) is 11.3 Å². The first-order valence-electron chi connectivity index (χ1n) is 14.0. The van der Waals surface area contributed by atoms with Crippen molar-refractivity contribution < 1.29 is 9.53 Å². The molecule has 1 fully saturated rings. The first kappa shape index (κ1) is 27.2. The third-order valence-electron chi connectivity index (χ3n) is 7.86. The van der Waals surface area contributed by atoms with Crippen molar-refractivity contribution in [2.75, 3.05) is 25.0 Å². The fraction of sp³-hybridized carbons (Fsp3) is 0.324. The van der Waals surface area contributed by atoms with Crippen LogP contribution in [0, 0.1) is 19.8 Å². The van der Waals surface area contributed by atoms with E-state index in [9.17, 15) is 4.79 Å². The Bertz CT molecular complexity index is 1360. The van der Waals surface area contributed by atoms with Gasteiger partial charge in [-0.2, -0.15) is 0 Å². The highest BCUT2D eigenvalue weighted by Gasteiger charge is 2.32. The highest BCUT2D eigenvalue weighted by atomic mass is 32.1. The van der Waals surface area contributed by atoms with Crippen LogP contribution in [0.5, 0.6) is 5.75 Å². The lowest BCUT2D eigenvalue weighted by atomic mass is 9.87. The fourth-order valence-corrected chi connectivity index (χ4v) is 6.75. The lowest BCUT2D eigenvalue weighted by Crippen LogP contribution is -2.38. The van der Waals surface area contributed by atoms with Gasteiger partial charge in [0.1, 0.15) is 10.8 Å². The molecule has 1 aromatic heterocycles. The number of aryl methyl sites for hydroxylation is 1. The molecule has 0 aliphatic carbocycles. The highest BCUT2D eigenvalue weighted by molar-refractivity contribution is 7.16. The van der Waals surface area contributed by atoms with Crippen LogP contribution in [-0.2, 0) is 6.42 Å². The minimum atomic E-state index is -0.0647. The number of anilines is 1. The highest BCUT2D eigenvalue weighted by Crippen LogP contribution is 2.44. The lowest BCUT2D eigenvalue weighted by Gasteiger charge is -2.38. The minimum Gasteiger partial charge on any atom is -0.494 e. The average molecular weight is 539 g/mol. The quantitative estimate of drug-likeness (QED) is 0.234. The van der Waals surface area contributed by atoms with Crippen molar-refractivity contribution in [2.24, 2.45) is 5.92 Å². The van der Waals surface area contributed by atoms with Crippen molar-refractivity contribution in [3.63, 3.8) is 0 Å². The zero-order chi connectivity index (χ0) is 27.2. The van der Waals surface area contributed by atoms with Gasteiger partial charge < -0.3 is 10.1 Å². The van der Waals surface area contributed by atoms with E-state index in [-0.39, 0.29) is 11.9 Å². The van der Waals surface area contributed by atoms with Gasteiger partial charge in [-0.25, -0.2) is 0 Å². The summed E-state index contributed by atoms with van der Waals surface area (Å²) in [5.41, 5.74) is 5.80. The Morgan fingerprint density at radius 3 is 2.23 bits per heavy atom. The number of nitrogens with one attached hydrogen (secondary N) is 1. The zero-order valence-corrected chi connectivity index (χ0v) is 24.0. The summed E-state index contributed by atoms with van der Waals surface area (Å²) < 4.78 is 5.75. The molecule has 0 spiro atoms. The van der Waals surface area contributed by atoms with E-state index in [1.54, 1.807) is 11.3 Å². The molecule has 202 valence electrons. The van der Waals surface area contributed by atoms with Crippen LogP contribution >= 0.6 is 11.3 Å². The van der Waals surface area contributed by atoms with Gasteiger partial charge in [-0.3, -0.25) is 9.69 Å². The normalized spacial score (nSPS) is 15.2. The van der Waals surface area contributed by atoms with E-state index >= 15 is 0 Å². The van der Waals surface area contributed by atoms with Crippen LogP contribution in [0.1, 0.15) is 63.3 Å². The monoisotopic (exact) mass is 538 g/mol. The van der Waals surface area contributed by atoms with Crippen LogP contribution in [0.15, 0.2) is 84.9 Å². The number of benzene rings is 3. The molecule has 0 unspecified atom stereocenters. The molecule has 1 N–H and O–H groups in total. The molecule has 4 aromatic rings. The number of amides is 1. The topological polar surface area (TPSA) is 41.6 Å². The van der Waals surface area contributed by atoms with Gasteiger partial charge in [0.25, 0.3) is 5.91 Å². The van der Waals surface area contributed by atoms with Crippen molar-refractivity contribution in [3.05, 3.63) is 118 Å². The van der Waals surface area contributed by atoms with Gasteiger partial charge in [0.15, 0.2) is 0 Å². The van der Waals surface area contributed by atoms with Crippen LogP contribution in [0.2, 0.25) is 0 Å². The van der Waals surface area contributed by atoms with Crippen molar-refractivity contribution in [1.82, 2.24) is 4.90 Å². The molecule has 39 heavy (non-hydrogen) atoms. The second-order valence-electron chi connectivity index (χ2n) is 10.4. The molecule has 1 aliphatic rings. The molecule has 1 amide bonds. The summed E-state index contributed by atoms with van der Waals surface area (Å²) >= 11 is 1.68. The molecule has 1 aliphatic heterocycles. The van der Waals surface area contributed by atoms with Crippen LogP contribution in [0.3, 0.4) is 0 Å². The molecule has 1 saturated heterocycles. The number of thiophene rings is 1. The molecule has 5 heteroatoms. The lowest BCUT2D eigenvalue weighted by molar-refractivity contribution is 0.102. The molecule has 2 heterocycles. The van der Waals surface area contributed by atoms with Gasteiger partial charge in [-0.1, -0.05) is 60.7 Å². The van der Waals surface area contributed by atoms with E-state index in [0.717, 1.165) is 43.1 Å². The summed E-state index contributed by atoms with van der Waals surface area (Å²) in [4.78, 5) is 17.1. The Balaban J connectivity index is 1.45. The smallest absolute Gasteiger partial charge is 0.256 e. The van der Waals surface area contributed by atoms with Crippen LogP contribution in [0.4, 0.5) is 5.00 Å². The fourth-order valence-electron chi connectivity index (χ4n) is 5.67. The molecule has 5 rings (SSSR count). The van der Waals surface area contributed by atoms with Crippen LogP contribution < -0.4 is 10.1 Å². The number of hydrogen-bond acceptors (Lipinski definition) is 4. The van der Waals surface area contributed by atoms with E-state index in [4.69, 9.17) is 4.74 Å². The van der Waals surface area contributed by atoms with E-state index in [2.05, 4.69) is 78.7 Å². The Labute approximate surface area is 236 Å². The number of carbonyl (C=O) groups excluding carboxylic acids is 1. The molecule has 4 nitrogen and oxygen atoms in total. The number of nitrogens with zero attached hydrogens (tertiary/aromatic N) is 1. The first-order valence-corrected chi connectivity index (χ1v) is 14.8. The summed E-state index contributed by atoms with van der Waals surface area (Å²) in [5, 5.41) is 4.23. The van der Waals surface area contributed by atoms with E-state index in [1.807, 2.05) is 37.3 Å². The van der Waals surface area contributed by atoms with Crippen molar-refractivity contribution in [1.29, 1.82) is 0 Å². The van der Waals surface area contributed by atoms with Crippen molar-refractivity contribution >= 4 is 22.2 Å². The van der Waals surface area contributed by atoms with E-state index < -0.39 is 0 Å². The second kappa shape index (κ2) is 12.6. The van der Waals surface area contributed by atoms with Crippen LogP contribution in [-0.4, -0.2) is 30.5 Å². The minimum absolute atomic E-state index is 0.0642. The predicted octanol–water partition coefficient (Wildman–Crippen LogP) is 8.06. The van der Waals surface area contributed by atoms with Gasteiger partial charge >= 0.3 is 0 Å². The predicted molar refractivity (Wildman–Crippen MR) is 162 cm³/mol. The number of carbonyl (C=O) groups is 1. The third-order valence-corrected chi connectivity index (χ3v) is 9.00. The van der Waals surface area contributed by atoms with Crippen LogP contribution in [0.25, 0.3) is 0 Å². The molecular weight excluding hydrogens is 500 g/mol. The summed E-state index contributed by atoms with van der Waals surface area (Å²) in [5.74, 6) is 1.51. The first-order chi connectivity index (χ1) is 19.0. The standard InChI is InChI=1S/C34H38N2O2S/c1-4-38-30-17-15-28(16-18-30)32(36-21-19-27(20-22-36)23-26-11-7-5-8-12-26)31-24(2)25(3)39-34(31)35-33(37)29-13-9-6-10-14-29/h5-18,27,32H,4,19-23H2,1-3H3,(H,35,37)/t32-/m0/s1. The maximum absolute atomic E-state index is 13.2. The zero-order valence-electron chi connectivity index (χ0n) is 23.2. The Kier molecular flexibility index (Phi) is 8.80. The molecule has 3 aromatic carbocycles. The second-order valence-corrected chi connectivity index (χ2v) is 11.6. The van der Waals surface area contributed by atoms with Gasteiger partial charge in [-0.05, 0) is 100.0 Å². The maximum Gasteiger partial charge on any atom is 0.256 e. The molecule has 0 radical (unpaired) electrons. The van der Waals surface area contributed by atoms with E-state index in [0.29, 0.717) is 18.1 Å². The molecule has 1 atom stereocenters. The van der Waals surface area contributed by atoms with Gasteiger partial charge in [0.05, 0.1) is 12.6 Å². The third kappa shape index (κ3) is 6.43. The van der Waals surface area contributed by atoms with Gasteiger partial charge in [0, 0.05) is 16.0 Å². The number of piperidine rings is 1. The Morgan fingerprint density at radius 2 is 1.59 bits per heavy atom. The summed E-state index contributed by atoms with van der Waals surface area (Å²) in [7, 11) is 0. The average Bonchev–Trinajstić information content (AvgIpc) is 3.24. The Morgan fingerprint density at radius 1 is 0.949 bits per heavy atom. The van der Waals surface area contributed by atoms with Crippen molar-refractivity contribution in [3.8, 4) is 5.75 Å². The summed E-state index contributed by atoms with van der Waals surface area (Å²) in [6.45, 7) is 9.06. The molecule has 0 saturated carbocycles. The Hall–Kier alpha value is -3.41. The van der Waals surface area contributed by atoms with E-state index in [1.165, 1.54) is 27.1 Å². The number of likely N-dealkylation sites (tertiary alicyclic amines) is 1. The summed E-state index contributed by atoms with van der Waals surface area (Å²) in [6.07, 6.45) is 3.46. The molecule has 0 bridgehead atoms. The number of ether oxygens (including phenoxy) is 1. The maximum atomic E-state index is 13.2. The number of rotatable bonds is 9.